The molecular weight excluding hydrogens is 296 g/mol. The van der Waals surface area contributed by atoms with Gasteiger partial charge in [0.05, 0.1) is 17.3 Å². The first kappa shape index (κ1) is 15.2. The average Bonchev–Trinajstić information content (AvgIpc) is 3.16. The van der Waals surface area contributed by atoms with E-state index < -0.39 is 6.10 Å². The Balaban J connectivity index is 1.71. The SMILES string of the molecule is Cc1ncsc1C(=O)N1CCC[C@@H]1C[C@H](O)c1ccccc1. The summed E-state index contributed by atoms with van der Waals surface area (Å²) in [5, 5.41) is 10.4. The van der Waals surface area contributed by atoms with Crippen LogP contribution in [0, 0.1) is 6.92 Å². The van der Waals surface area contributed by atoms with Crippen molar-refractivity contribution in [2.45, 2.75) is 38.3 Å². The Morgan fingerprint density at radius 2 is 2.23 bits per heavy atom. The Morgan fingerprint density at radius 3 is 2.91 bits per heavy atom. The van der Waals surface area contributed by atoms with Crippen molar-refractivity contribution in [3.05, 3.63) is 52.0 Å². The molecule has 5 heteroatoms. The minimum Gasteiger partial charge on any atom is -0.388 e. The molecule has 1 N–H and O–H groups in total. The van der Waals surface area contributed by atoms with Crippen LogP contribution in [0.2, 0.25) is 0 Å². The molecule has 0 unspecified atom stereocenters. The van der Waals surface area contributed by atoms with E-state index in [2.05, 4.69) is 4.98 Å². The highest BCUT2D eigenvalue weighted by molar-refractivity contribution is 7.11. The summed E-state index contributed by atoms with van der Waals surface area (Å²) in [7, 11) is 0. The third-order valence-corrected chi connectivity index (χ3v) is 5.17. The van der Waals surface area contributed by atoms with Gasteiger partial charge >= 0.3 is 0 Å². The summed E-state index contributed by atoms with van der Waals surface area (Å²) in [6, 6.07) is 9.75. The lowest BCUT2D eigenvalue weighted by molar-refractivity contribution is 0.0671. The number of aryl methyl sites for hydroxylation is 1. The number of aromatic nitrogens is 1. The van der Waals surface area contributed by atoms with Gasteiger partial charge in [-0.15, -0.1) is 11.3 Å². The number of carbonyl (C=O) groups is 1. The minimum atomic E-state index is -0.526. The summed E-state index contributed by atoms with van der Waals surface area (Å²) in [6.07, 6.45) is 2.01. The molecule has 1 aliphatic heterocycles. The molecule has 0 aliphatic carbocycles. The van der Waals surface area contributed by atoms with Crippen LogP contribution < -0.4 is 0 Å². The smallest absolute Gasteiger partial charge is 0.266 e. The highest BCUT2D eigenvalue weighted by atomic mass is 32.1. The summed E-state index contributed by atoms with van der Waals surface area (Å²) < 4.78 is 0. The molecule has 22 heavy (non-hydrogen) atoms. The number of aliphatic hydroxyl groups excluding tert-OH is 1. The zero-order valence-corrected chi connectivity index (χ0v) is 13.4. The van der Waals surface area contributed by atoms with Crippen molar-refractivity contribution in [2.24, 2.45) is 0 Å². The average molecular weight is 316 g/mol. The van der Waals surface area contributed by atoms with E-state index in [4.69, 9.17) is 0 Å². The van der Waals surface area contributed by atoms with E-state index in [0.29, 0.717) is 6.42 Å². The molecule has 4 nitrogen and oxygen atoms in total. The minimum absolute atomic E-state index is 0.0581. The van der Waals surface area contributed by atoms with Gasteiger partial charge in [-0.2, -0.15) is 0 Å². The number of nitrogens with zero attached hydrogens (tertiary/aromatic N) is 2. The molecule has 0 spiro atoms. The molecule has 3 rings (SSSR count). The number of rotatable bonds is 4. The van der Waals surface area contributed by atoms with Crippen LogP contribution in [0.15, 0.2) is 35.8 Å². The number of hydrogen-bond acceptors (Lipinski definition) is 4. The third-order valence-electron chi connectivity index (χ3n) is 4.26. The monoisotopic (exact) mass is 316 g/mol. The largest absolute Gasteiger partial charge is 0.388 e. The lowest BCUT2D eigenvalue weighted by atomic mass is 10.0. The zero-order chi connectivity index (χ0) is 15.5. The number of hydrogen-bond donors (Lipinski definition) is 1. The first-order valence-electron chi connectivity index (χ1n) is 7.61. The van der Waals surface area contributed by atoms with Gasteiger partial charge in [-0.1, -0.05) is 30.3 Å². The number of likely N-dealkylation sites (tertiary alicyclic amines) is 1. The van der Waals surface area contributed by atoms with Gasteiger partial charge in [-0.05, 0) is 31.7 Å². The van der Waals surface area contributed by atoms with Crippen LogP contribution in [0.3, 0.4) is 0 Å². The third kappa shape index (κ3) is 3.05. The van der Waals surface area contributed by atoms with Crippen molar-refractivity contribution in [3.63, 3.8) is 0 Å². The number of aliphatic hydroxyl groups is 1. The standard InChI is InChI=1S/C17H20N2O2S/c1-12-16(22-11-18-12)17(21)19-9-5-8-14(19)10-15(20)13-6-3-2-4-7-13/h2-4,6-7,11,14-15,20H,5,8-10H2,1H3/t14-,15+/m1/s1. The molecule has 0 radical (unpaired) electrons. The topological polar surface area (TPSA) is 53.4 Å². The van der Waals surface area contributed by atoms with E-state index in [9.17, 15) is 9.90 Å². The van der Waals surface area contributed by atoms with Crippen LogP contribution in [0.5, 0.6) is 0 Å². The van der Waals surface area contributed by atoms with E-state index in [0.717, 1.165) is 35.5 Å². The molecular formula is C17H20N2O2S. The molecule has 1 aromatic heterocycles. The molecule has 1 saturated heterocycles. The fourth-order valence-electron chi connectivity index (χ4n) is 3.05. The second-order valence-electron chi connectivity index (χ2n) is 5.72. The number of thiazole rings is 1. The van der Waals surface area contributed by atoms with Gasteiger partial charge in [0.25, 0.3) is 5.91 Å². The maximum Gasteiger partial charge on any atom is 0.266 e. The van der Waals surface area contributed by atoms with Crippen molar-refractivity contribution in [3.8, 4) is 0 Å². The van der Waals surface area contributed by atoms with Crippen LogP contribution in [0.25, 0.3) is 0 Å². The van der Waals surface area contributed by atoms with Gasteiger partial charge in [-0.3, -0.25) is 4.79 Å². The van der Waals surface area contributed by atoms with E-state index in [1.54, 1.807) is 5.51 Å². The molecule has 2 atom stereocenters. The molecule has 1 aliphatic rings. The summed E-state index contributed by atoms with van der Waals surface area (Å²) in [6.45, 7) is 2.63. The fourth-order valence-corrected chi connectivity index (χ4v) is 3.81. The molecule has 1 aromatic carbocycles. The Kier molecular flexibility index (Phi) is 4.55. The lowest BCUT2D eigenvalue weighted by Gasteiger charge is -2.26. The first-order chi connectivity index (χ1) is 10.7. The molecule has 1 amide bonds. The van der Waals surface area contributed by atoms with Gasteiger partial charge in [0.15, 0.2) is 0 Å². The summed E-state index contributed by atoms with van der Waals surface area (Å²) in [4.78, 5) is 19.5. The number of amides is 1. The molecule has 0 saturated carbocycles. The fraction of sp³-hybridized carbons (Fsp3) is 0.412. The van der Waals surface area contributed by atoms with Gasteiger partial charge in [0, 0.05) is 12.6 Å². The second kappa shape index (κ2) is 6.58. The van der Waals surface area contributed by atoms with Crippen molar-refractivity contribution in [2.75, 3.05) is 6.54 Å². The maximum atomic E-state index is 12.7. The normalized spacial score (nSPS) is 19.4. The van der Waals surface area contributed by atoms with Gasteiger partial charge in [-0.25, -0.2) is 4.98 Å². The van der Waals surface area contributed by atoms with Gasteiger partial charge in [0.1, 0.15) is 4.88 Å². The van der Waals surface area contributed by atoms with Crippen LogP contribution in [0.4, 0.5) is 0 Å². The Bertz CT molecular complexity index is 641. The second-order valence-corrected chi connectivity index (χ2v) is 6.58. The summed E-state index contributed by atoms with van der Waals surface area (Å²) in [5.41, 5.74) is 3.42. The van der Waals surface area contributed by atoms with Crippen LogP contribution in [0.1, 0.15) is 46.3 Å². The Morgan fingerprint density at radius 1 is 1.45 bits per heavy atom. The van der Waals surface area contributed by atoms with E-state index >= 15 is 0 Å². The van der Waals surface area contributed by atoms with E-state index in [1.165, 1.54) is 11.3 Å². The predicted molar refractivity (Wildman–Crippen MR) is 86.9 cm³/mol. The van der Waals surface area contributed by atoms with Crippen LogP contribution >= 0.6 is 11.3 Å². The van der Waals surface area contributed by atoms with Crippen molar-refractivity contribution < 1.29 is 9.90 Å². The Labute approximate surface area is 134 Å². The summed E-state index contributed by atoms with van der Waals surface area (Å²) in [5.74, 6) is 0.0581. The van der Waals surface area contributed by atoms with Gasteiger partial charge in [0.2, 0.25) is 0 Å². The van der Waals surface area contributed by atoms with E-state index in [-0.39, 0.29) is 11.9 Å². The van der Waals surface area contributed by atoms with Crippen LogP contribution in [-0.4, -0.2) is 33.5 Å². The number of benzene rings is 1. The highest BCUT2D eigenvalue weighted by Crippen LogP contribution is 2.29. The van der Waals surface area contributed by atoms with Crippen molar-refractivity contribution in [1.82, 2.24) is 9.88 Å². The Hall–Kier alpha value is -1.72. The molecule has 1 fully saturated rings. The quantitative estimate of drug-likeness (QED) is 0.942. The highest BCUT2D eigenvalue weighted by Gasteiger charge is 2.32. The van der Waals surface area contributed by atoms with Gasteiger partial charge < -0.3 is 10.0 Å². The molecule has 2 aromatic rings. The first-order valence-corrected chi connectivity index (χ1v) is 8.49. The van der Waals surface area contributed by atoms with Crippen molar-refractivity contribution in [1.29, 1.82) is 0 Å². The van der Waals surface area contributed by atoms with Crippen LogP contribution in [-0.2, 0) is 0 Å². The summed E-state index contributed by atoms with van der Waals surface area (Å²) >= 11 is 1.40. The lowest BCUT2D eigenvalue weighted by Crippen LogP contribution is -2.36. The number of carbonyl (C=O) groups excluding carboxylic acids is 1. The maximum absolute atomic E-state index is 12.7. The van der Waals surface area contributed by atoms with Crippen molar-refractivity contribution >= 4 is 17.2 Å². The molecule has 2 heterocycles. The molecule has 0 bridgehead atoms. The predicted octanol–water partition coefficient (Wildman–Crippen LogP) is 3.18. The van der Waals surface area contributed by atoms with E-state index in [1.807, 2.05) is 42.2 Å². The zero-order valence-electron chi connectivity index (χ0n) is 12.6. The molecule has 116 valence electrons.